The van der Waals surface area contributed by atoms with Crippen molar-refractivity contribution in [3.8, 4) is 0 Å². The average Bonchev–Trinajstić information content (AvgIpc) is 2.40. The van der Waals surface area contributed by atoms with Crippen molar-refractivity contribution in [3.05, 3.63) is 0 Å². The predicted molar refractivity (Wildman–Crippen MR) is 80.3 cm³/mol. The lowest BCUT2D eigenvalue weighted by atomic mass is 9.80. The van der Waals surface area contributed by atoms with E-state index in [1.807, 2.05) is 0 Å². The molecular weight excluding hydrogens is 290 g/mol. The van der Waals surface area contributed by atoms with Crippen molar-refractivity contribution in [2.45, 2.75) is 39.5 Å². The molecule has 0 saturated carbocycles. The van der Waals surface area contributed by atoms with Crippen molar-refractivity contribution in [2.24, 2.45) is 17.3 Å². The van der Waals surface area contributed by atoms with Gasteiger partial charge in [0.2, 0.25) is 0 Å². The molecule has 106 valence electrons. The molecule has 2 heterocycles. The van der Waals surface area contributed by atoms with E-state index in [0.717, 1.165) is 30.4 Å². The Morgan fingerprint density at radius 2 is 1.83 bits per heavy atom. The van der Waals surface area contributed by atoms with Crippen molar-refractivity contribution >= 4 is 15.9 Å². The summed E-state index contributed by atoms with van der Waals surface area (Å²) >= 11 is 3.75. The second-order valence-corrected chi connectivity index (χ2v) is 7.16. The van der Waals surface area contributed by atoms with E-state index in [2.05, 4.69) is 34.7 Å². The average molecular weight is 318 g/mol. The molecule has 0 atom stereocenters. The number of hydrogen-bond acceptors (Lipinski definition) is 2. The highest BCUT2D eigenvalue weighted by atomic mass is 79.9. The van der Waals surface area contributed by atoms with Gasteiger partial charge in [0.05, 0.1) is 0 Å². The molecule has 0 aromatic carbocycles. The van der Waals surface area contributed by atoms with Gasteiger partial charge in [-0.1, -0.05) is 29.8 Å². The summed E-state index contributed by atoms with van der Waals surface area (Å²) in [6.45, 7) is 10.5. The maximum absolute atomic E-state index is 5.52. The monoisotopic (exact) mass is 317 g/mol. The highest BCUT2D eigenvalue weighted by Crippen LogP contribution is 2.35. The van der Waals surface area contributed by atoms with Crippen LogP contribution in [0, 0.1) is 17.3 Å². The summed E-state index contributed by atoms with van der Waals surface area (Å²) in [4.78, 5) is 2.70. The SMILES string of the molecule is CC(C)C1CCN(CC2(CBr)CCOCC2)CC1. The highest BCUT2D eigenvalue weighted by Gasteiger charge is 2.34. The molecule has 0 bridgehead atoms. The number of piperidine rings is 1. The van der Waals surface area contributed by atoms with Crippen molar-refractivity contribution in [1.29, 1.82) is 0 Å². The molecule has 2 fully saturated rings. The molecule has 3 heteroatoms. The van der Waals surface area contributed by atoms with Gasteiger partial charge in [0.25, 0.3) is 0 Å². The number of rotatable bonds is 4. The Bertz CT molecular complexity index is 243. The third-order valence-electron chi connectivity index (χ3n) is 4.97. The van der Waals surface area contributed by atoms with Gasteiger partial charge in [0.1, 0.15) is 0 Å². The molecule has 0 spiro atoms. The number of halogens is 1. The second kappa shape index (κ2) is 6.71. The van der Waals surface area contributed by atoms with Crippen LogP contribution in [-0.4, -0.2) is 43.1 Å². The topological polar surface area (TPSA) is 12.5 Å². The maximum Gasteiger partial charge on any atom is 0.0472 e. The first-order valence-electron chi connectivity index (χ1n) is 7.51. The summed E-state index contributed by atoms with van der Waals surface area (Å²) in [7, 11) is 0. The van der Waals surface area contributed by atoms with E-state index < -0.39 is 0 Å². The highest BCUT2D eigenvalue weighted by molar-refractivity contribution is 9.09. The van der Waals surface area contributed by atoms with E-state index in [0.29, 0.717) is 5.41 Å². The van der Waals surface area contributed by atoms with E-state index in [1.54, 1.807) is 0 Å². The fourth-order valence-electron chi connectivity index (χ4n) is 3.39. The van der Waals surface area contributed by atoms with Crippen LogP contribution in [0.3, 0.4) is 0 Å². The van der Waals surface area contributed by atoms with E-state index in [4.69, 9.17) is 4.74 Å². The van der Waals surface area contributed by atoms with Gasteiger partial charge in [-0.05, 0) is 56.0 Å². The first kappa shape index (κ1) is 14.8. The summed E-state index contributed by atoms with van der Waals surface area (Å²) in [5.74, 6) is 1.82. The summed E-state index contributed by atoms with van der Waals surface area (Å²) in [5.41, 5.74) is 0.475. The van der Waals surface area contributed by atoms with Gasteiger partial charge in [-0.3, -0.25) is 0 Å². The predicted octanol–water partition coefficient (Wildman–Crippen LogP) is 3.55. The molecule has 18 heavy (non-hydrogen) atoms. The number of nitrogens with zero attached hydrogens (tertiary/aromatic N) is 1. The fraction of sp³-hybridized carbons (Fsp3) is 1.00. The maximum atomic E-state index is 5.52. The van der Waals surface area contributed by atoms with Crippen LogP contribution in [0.15, 0.2) is 0 Å². The van der Waals surface area contributed by atoms with Gasteiger partial charge in [0.15, 0.2) is 0 Å². The minimum Gasteiger partial charge on any atom is -0.381 e. The van der Waals surface area contributed by atoms with Gasteiger partial charge in [-0.2, -0.15) is 0 Å². The van der Waals surface area contributed by atoms with Crippen molar-refractivity contribution in [1.82, 2.24) is 4.90 Å². The molecule has 2 rings (SSSR count). The molecule has 0 N–H and O–H groups in total. The molecule has 2 aliphatic rings. The lowest BCUT2D eigenvalue weighted by molar-refractivity contribution is 0.00126. The molecule has 0 amide bonds. The van der Waals surface area contributed by atoms with Crippen LogP contribution < -0.4 is 0 Å². The number of likely N-dealkylation sites (tertiary alicyclic amines) is 1. The zero-order valence-corrected chi connectivity index (χ0v) is 13.5. The standard InChI is InChI=1S/C15H28BrNO/c1-13(2)14-3-7-17(8-4-14)12-15(11-16)5-9-18-10-6-15/h13-14H,3-12H2,1-2H3. The normalized spacial score (nSPS) is 26.7. The molecule has 0 aliphatic carbocycles. The Labute approximate surface area is 121 Å². The summed E-state index contributed by atoms with van der Waals surface area (Å²) in [6.07, 6.45) is 5.24. The van der Waals surface area contributed by atoms with Crippen LogP contribution >= 0.6 is 15.9 Å². The Hall–Kier alpha value is 0.400. The quantitative estimate of drug-likeness (QED) is 0.735. The first-order chi connectivity index (χ1) is 8.65. The van der Waals surface area contributed by atoms with Gasteiger partial charge >= 0.3 is 0 Å². The van der Waals surface area contributed by atoms with Crippen molar-refractivity contribution < 1.29 is 4.74 Å². The van der Waals surface area contributed by atoms with Crippen LogP contribution in [0.5, 0.6) is 0 Å². The second-order valence-electron chi connectivity index (χ2n) is 6.60. The summed E-state index contributed by atoms with van der Waals surface area (Å²) < 4.78 is 5.52. The Morgan fingerprint density at radius 1 is 1.22 bits per heavy atom. The molecule has 0 aromatic heterocycles. The van der Waals surface area contributed by atoms with E-state index >= 15 is 0 Å². The van der Waals surface area contributed by atoms with Crippen molar-refractivity contribution in [3.63, 3.8) is 0 Å². The first-order valence-corrected chi connectivity index (χ1v) is 8.63. The zero-order valence-electron chi connectivity index (χ0n) is 12.0. The van der Waals surface area contributed by atoms with Crippen LogP contribution in [0.4, 0.5) is 0 Å². The van der Waals surface area contributed by atoms with Crippen molar-refractivity contribution in [2.75, 3.05) is 38.2 Å². The van der Waals surface area contributed by atoms with Crippen LogP contribution in [0.25, 0.3) is 0 Å². The summed E-state index contributed by atoms with van der Waals surface area (Å²) in [5, 5.41) is 1.13. The summed E-state index contributed by atoms with van der Waals surface area (Å²) in [6, 6.07) is 0. The molecule has 2 aliphatic heterocycles. The van der Waals surface area contributed by atoms with E-state index in [-0.39, 0.29) is 0 Å². The smallest absolute Gasteiger partial charge is 0.0472 e. The van der Waals surface area contributed by atoms with Crippen LogP contribution in [0.1, 0.15) is 39.5 Å². The number of ether oxygens (including phenoxy) is 1. The Morgan fingerprint density at radius 3 is 2.33 bits per heavy atom. The molecule has 0 aromatic rings. The van der Waals surface area contributed by atoms with Gasteiger partial charge in [-0.15, -0.1) is 0 Å². The zero-order chi connectivity index (χ0) is 13.0. The molecule has 2 nitrogen and oxygen atoms in total. The van der Waals surface area contributed by atoms with Gasteiger partial charge in [0, 0.05) is 25.1 Å². The number of hydrogen-bond donors (Lipinski definition) is 0. The number of alkyl halides is 1. The fourth-order valence-corrected chi connectivity index (χ4v) is 4.13. The minimum atomic E-state index is 0.475. The van der Waals surface area contributed by atoms with Crippen LogP contribution in [-0.2, 0) is 4.74 Å². The Kier molecular flexibility index (Phi) is 5.52. The van der Waals surface area contributed by atoms with Gasteiger partial charge in [-0.25, -0.2) is 0 Å². The van der Waals surface area contributed by atoms with E-state index in [9.17, 15) is 0 Å². The molecule has 2 saturated heterocycles. The van der Waals surface area contributed by atoms with E-state index in [1.165, 1.54) is 45.3 Å². The lowest BCUT2D eigenvalue weighted by Gasteiger charge is -2.42. The third kappa shape index (κ3) is 3.71. The molecular formula is C15H28BrNO. The molecule has 0 unspecified atom stereocenters. The minimum absolute atomic E-state index is 0.475. The van der Waals surface area contributed by atoms with Crippen LogP contribution in [0.2, 0.25) is 0 Å². The third-order valence-corrected chi connectivity index (χ3v) is 6.16. The van der Waals surface area contributed by atoms with Gasteiger partial charge < -0.3 is 9.64 Å². The Balaban J connectivity index is 1.82. The lowest BCUT2D eigenvalue weighted by Crippen LogP contribution is -2.46. The molecule has 0 radical (unpaired) electrons. The largest absolute Gasteiger partial charge is 0.381 e.